The van der Waals surface area contributed by atoms with Crippen LogP contribution in [0.25, 0.3) is 0 Å². The monoisotopic (exact) mass is 267 g/mol. The van der Waals surface area contributed by atoms with Gasteiger partial charge in [0.2, 0.25) is 0 Å². The molecule has 0 bridgehead atoms. The zero-order valence-electron chi connectivity index (χ0n) is 10.9. The van der Waals surface area contributed by atoms with E-state index in [1.54, 1.807) is 7.11 Å². The second kappa shape index (κ2) is 6.12. The van der Waals surface area contributed by atoms with E-state index in [9.17, 15) is 14.3 Å². The molecule has 0 aliphatic carbocycles. The average Bonchev–Trinajstić information content (AvgIpc) is 2.41. The molecule has 19 heavy (non-hydrogen) atoms. The molecule has 1 saturated heterocycles. The van der Waals surface area contributed by atoms with Gasteiger partial charge < -0.3 is 9.84 Å². The summed E-state index contributed by atoms with van der Waals surface area (Å²) in [5, 5.41) is 9.60. The number of likely N-dealkylation sites (tertiary alicyclic amines) is 1. The Morgan fingerprint density at radius 2 is 2.37 bits per heavy atom. The number of piperidine rings is 1. The fraction of sp³-hybridized carbons (Fsp3) is 0.500. The molecular formula is C14H18FNO3. The molecule has 1 atom stereocenters. The van der Waals surface area contributed by atoms with Gasteiger partial charge in [-0.3, -0.25) is 9.69 Å². The first-order valence-electron chi connectivity index (χ1n) is 6.37. The highest BCUT2D eigenvalue weighted by atomic mass is 19.1. The minimum atomic E-state index is -0.519. The maximum absolute atomic E-state index is 13.1. The van der Waals surface area contributed by atoms with Crippen LogP contribution in [-0.2, 0) is 4.74 Å². The van der Waals surface area contributed by atoms with Gasteiger partial charge >= 0.3 is 0 Å². The van der Waals surface area contributed by atoms with E-state index in [1.807, 2.05) is 4.90 Å². The smallest absolute Gasteiger partial charge is 0.180 e. The van der Waals surface area contributed by atoms with Crippen LogP contribution in [0.4, 0.5) is 4.39 Å². The molecule has 0 aromatic heterocycles. The van der Waals surface area contributed by atoms with Gasteiger partial charge in [-0.2, -0.15) is 0 Å². The number of ether oxygens (including phenoxy) is 1. The number of phenols is 1. The molecule has 1 aromatic carbocycles. The van der Waals surface area contributed by atoms with E-state index in [2.05, 4.69) is 0 Å². The summed E-state index contributed by atoms with van der Waals surface area (Å²) < 4.78 is 18.4. The zero-order valence-corrected chi connectivity index (χ0v) is 10.9. The molecule has 0 amide bonds. The van der Waals surface area contributed by atoms with E-state index in [4.69, 9.17) is 4.74 Å². The van der Waals surface area contributed by atoms with Crippen LogP contribution < -0.4 is 0 Å². The van der Waals surface area contributed by atoms with Crippen LogP contribution in [0.2, 0.25) is 0 Å². The van der Waals surface area contributed by atoms with Crippen LogP contribution in [-0.4, -0.2) is 48.6 Å². The van der Waals surface area contributed by atoms with Gasteiger partial charge in [0.25, 0.3) is 0 Å². The van der Waals surface area contributed by atoms with Crippen molar-refractivity contribution < 1.29 is 19.0 Å². The third-order valence-corrected chi connectivity index (χ3v) is 3.42. The lowest BCUT2D eigenvalue weighted by molar-refractivity contribution is 0.0314. The highest BCUT2D eigenvalue weighted by Gasteiger charge is 2.22. The molecule has 0 spiro atoms. The molecule has 5 heteroatoms. The molecule has 1 aliphatic rings. The van der Waals surface area contributed by atoms with Crippen molar-refractivity contribution in [2.45, 2.75) is 18.9 Å². The zero-order chi connectivity index (χ0) is 13.8. The Morgan fingerprint density at radius 3 is 3.11 bits per heavy atom. The van der Waals surface area contributed by atoms with Crippen molar-refractivity contribution in [3.63, 3.8) is 0 Å². The number of Topliss-reactive ketones (excluding diaryl/α,β-unsaturated/α-hetero) is 1. The van der Waals surface area contributed by atoms with Gasteiger partial charge in [0, 0.05) is 13.7 Å². The topological polar surface area (TPSA) is 49.8 Å². The van der Waals surface area contributed by atoms with Crippen molar-refractivity contribution in [2.75, 3.05) is 26.7 Å². The Hall–Kier alpha value is -1.46. The molecule has 1 heterocycles. The molecular weight excluding hydrogens is 249 g/mol. The first-order chi connectivity index (χ1) is 9.10. The number of nitrogens with zero attached hydrogens (tertiary/aromatic N) is 1. The molecule has 1 aliphatic heterocycles. The van der Waals surface area contributed by atoms with Crippen molar-refractivity contribution in [2.24, 2.45) is 0 Å². The Balaban J connectivity index is 2.02. The highest BCUT2D eigenvalue weighted by Crippen LogP contribution is 2.20. The predicted molar refractivity (Wildman–Crippen MR) is 68.9 cm³/mol. The van der Waals surface area contributed by atoms with Crippen LogP contribution in [0, 0.1) is 5.82 Å². The van der Waals surface area contributed by atoms with Crippen LogP contribution in [0.1, 0.15) is 23.2 Å². The minimum Gasteiger partial charge on any atom is -0.507 e. The quantitative estimate of drug-likeness (QED) is 0.845. The third-order valence-electron chi connectivity index (χ3n) is 3.42. The van der Waals surface area contributed by atoms with Gasteiger partial charge in [0.1, 0.15) is 11.6 Å². The number of rotatable bonds is 4. The lowest BCUT2D eigenvalue weighted by atomic mass is 10.1. The largest absolute Gasteiger partial charge is 0.507 e. The second-order valence-corrected chi connectivity index (χ2v) is 4.82. The standard InChI is InChI=1S/C14H18FNO3/c1-19-11-3-2-6-16(8-11)9-14(18)12-7-10(15)4-5-13(12)17/h4-5,7,11,17H,2-3,6,8-9H2,1H3. The molecule has 104 valence electrons. The molecule has 0 radical (unpaired) electrons. The number of halogens is 1. The molecule has 1 unspecified atom stereocenters. The van der Waals surface area contributed by atoms with E-state index in [0.29, 0.717) is 6.54 Å². The van der Waals surface area contributed by atoms with Crippen LogP contribution >= 0.6 is 0 Å². The Bertz CT molecular complexity index is 464. The number of carbonyl (C=O) groups is 1. The number of carbonyl (C=O) groups excluding carboxylic acids is 1. The number of hydrogen-bond donors (Lipinski definition) is 1. The summed E-state index contributed by atoms with van der Waals surface area (Å²) in [5.74, 6) is -0.963. The molecule has 0 saturated carbocycles. The van der Waals surface area contributed by atoms with Gasteiger partial charge in [-0.25, -0.2) is 4.39 Å². The first kappa shape index (κ1) is 14.0. The average molecular weight is 267 g/mol. The molecule has 2 rings (SSSR count). The van der Waals surface area contributed by atoms with Gasteiger partial charge in [0.05, 0.1) is 18.2 Å². The van der Waals surface area contributed by atoms with Crippen molar-refractivity contribution in [1.29, 1.82) is 0 Å². The molecule has 1 N–H and O–H groups in total. The molecule has 4 nitrogen and oxygen atoms in total. The first-order valence-corrected chi connectivity index (χ1v) is 6.37. The number of methoxy groups -OCH3 is 1. The fourth-order valence-corrected chi connectivity index (χ4v) is 2.37. The summed E-state index contributed by atoms with van der Waals surface area (Å²) in [4.78, 5) is 14.0. The fourth-order valence-electron chi connectivity index (χ4n) is 2.37. The normalized spacial score (nSPS) is 20.4. The Kier molecular flexibility index (Phi) is 4.50. The van der Waals surface area contributed by atoms with Crippen LogP contribution in [0.3, 0.4) is 0 Å². The summed E-state index contributed by atoms with van der Waals surface area (Å²) in [6, 6.07) is 3.42. The number of ketones is 1. The summed E-state index contributed by atoms with van der Waals surface area (Å²) in [6.45, 7) is 1.69. The number of benzene rings is 1. The predicted octanol–water partition coefficient (Wildman–Crippen LogP) is 1.82. The van der Waals surface area contributed by atoms with Gasteiger partial charge in [-0.15, -0.1) is 0 Å². The lowest BCUT2D eigenvalue weighted by Crippen LogP contribution is -2.41. The van der Waals surface area contributed by atoms with E-state index in [-0.39, 0.29) is 29.7 Å². The SMILES string of the molecule is COC1CCCN(CC(=O)c2cc(F)ccc2O)C1. The van der Waals surface area contributed by atoms with Gasteiger partial charge in [-0.1, -0.05) is 0 Å². The summed E-state index contributed by atoms with van der Waals surface area (Å²) >= 11 is 0. The van der Waals surface area contributed by atoms with Crippen molar-refractivity contribution in [3.05, 3.63) is 29.6 Å². The number of phenolic OH excluding ortho intramolecular Hbond substituents is 1. The maximum Gasteiger partial charge on any atom is 0.180 e. The van der Waals surface area contributed by atoms with Crippen LogP contribution in [0.15, 0.2) is 18.2 Å². The second-order valence-electron chi connectivity index (χ2n) is 4.82. The van der Waals surface area contributed by atoms with Crippen molar-refractivity contribution in [1.82, 2.24) is 4.90 Å². The minimum absolute atomic E-state index is 0.0412. The van der Waals surface area contributed by atoms with Crippen molar-refractivity contribution >= 4 is 5.78 Å². The lowest BCUT2D eigenvalue weighted by Gasteiger charge is -2.31. The van der Waals surface area contributed by atoms with E-state index >= 15 is 0 Å². The van der Waals surface area contributed by atoms with E-state index in [1.165, 1.54) is 6.07 Å². The van der Waals surface area contributed by atoms with E-state index < -0.39 is 5.82 Å². The maximum atomic E-state index is 13.1. The number of aromatic hydroxyl groups is 1. The van der Waals surface area contributed by atoms with Crippen molar-refractivity contribution in [3.8, 4) is 5.75 Å². The Labute approximate surface area is 111 Å². The van der Waals surface area contributed by atoms with E-state index in [0.717, 1.165) is 31.5 Å². The summed E-state index contributed by atoms with van der Waals surface area (Å²) in [5.41, 5.74) is 0.0412. The van der Waals surface area contributed by atoms with Gasteiger partial charge in [0.15, 0.2) is 5.78 Å². The highest BCUT2D eigenvalue weighted by molar-refractivity contribution is 6.00. The molecule has 1 fully saturated rings. The summed E-state index contributed by atoms with van der Waals surface area (Å²) in [6.07, 6.45) is 2.11. The number of hydrogen-bond acceptors (Lipinski definition) is 4. The Morgan fingerprint density at radius 1 is 1.58 bits per heavy atom. The van der Waals surface area contributed by atoms with Crippen LogP contribution in [0.5, 0.6) is 5.75 Å². The molecule has 1 aromatic rings. The summed E-state index contributed by atoms with van der Waals surface area (Å²) in [7, 11) is 1.66. The van der Waals surface area contributed by atoms with Gasteiger partial charge in [-0.05, 0) is 37.6 Å². The third kappa shape index (κ3) is 3.52.